The van der Waals surface area contributed by atoms with Gasteiger partial charge in [-0.15, -0.1) is 24.8 Å². The molecule has 2 fully saturated rings. The molecule has 0 aromatic heterocycles. The average molecular weight is 428 g/mol. The van der Waals surface area contributed by atoms with Gasteiger partial charge in [-0.1, -0.05) is 6.07 Å². The Bertz CT molecular complexity index is 555. The van der Waals surface area contributed by atoms with Gasteiger partial charge in [0.2, 0.25) is 0 Å². The number of hydrogen-bond acceptors (Lipinski definition) is 3. The van der Waals surface area contributed by atoms with Crippen LogP contribution in [0.2, 0.25) is 0 Å². The monoisotopic (exact) mass is 427 g/mol. The van der Waals surface area contributed by atoms with Crippen LogP contribution in [-0.4, -0.2) is 43.7 Å². The van der Waals surface area contributed by atoms with Gasteiger partial charge in [0.15, 0.2) is 0 Å². The second kappa shape index (κ2) is 10.7. The molecule has 1 saturated carbocycles. The lowest BCUT2D eigenvalue weighted by molar-refractivity contribution is -0.137. The van der Waals surface area contributed by atoms with Gasteiger partial charge in [0.05, 0.1) is 5.56 Å². The van der Waals surface area contributed by atoms with E-state index in [1.807, 2.05) is 0 Å². The maximum Gasteiger partial charge on any atom is 0.416 e. The molecule has 156 valence electrons. The van der Waals surface area contributed by atoms with E-state index in [-0.39, 0.29) is 24.8 Å². The fourth-order valence-electron chi connectivity index (χ4n) is 3.95. The first kappa shape index (κ1) is 24.3. The van der Waals surface area contributed by atoms with Crippen LogP contribution < -0.4 is 10.6 Å². The summed E-state index contributed by atoms with van der Waals surface area (Å²) >= 11 is 0. The Morgan fingerprint density at radius 2 is 1.59 bits per heavy atom. The van der Waals surface area contributed by atoms with Crippen molar-refractivity contribution in [2.24, 2.45) is 11.7 Å². The highest BCUT2D eigenvalue weighted by molar-refractivity contribution is 5.85. The molecule has 1 aromatic rings. The molecule has 1 aliphatic carbocycles. The lowest BCUT2D eigenvalue weighted by atomic mass is 9.84. The Kier molecular flexibility index (Phi) is 9.69. The van der Waals surface area contributed by atoms with Gasteiger partial charge in [0.1, 0.15) is 0 Å². The Labute approximate surface area is 172 Å². The third-order valence-electron chi connectivity index (χ3n) is 5.66. The predicted octanol–water partition coefficient (Wildman–Crippen LogP) is 4.58. The number of nitrogens with zero attached hydrogens (tertiary/aromatic N) is 2. The van der Waals surface area contributed by atoms with Crippen LogP contribution in [0.5, 0.6) is 0 Å². The van der Waals surface area contributed by atoms with E-state index in [4.69, 9.17) is 5.73 Å². The van der Waals surface area contributed by atoms with Crippen molar-refractivity contribution >= 4 is 30.5 Å². The SMILES string of the molecule is Cl.Cl.N[C@H]1CC[C@H](CCN2CCN(c3cccc(C(F)(F)F)c3)CC2)CC1. The number of anilines is 1. The Morgan fingerprint density at radius 1 is 0.963 bits per heavy atom. The summed E-state index contributed by atoms with van der Waals surface area (Å²) in [4.78, 5) is 4.50. The second-order valence-corrected chi connectivity index (χ2v) is 7.45. The van der Waals surface area contributed by atoms with E-state index < -0.39 is 11.7 Å². The van der Waals surface area contributed by atoms with Crippen LogP contribution in [0.1, 0.15) is 37.7 Å². The van der Waals surface area contributed by atoms with Gasteiger partial charge in [-0.05, 0) is 62.8 Å². The molecule has 1 aliphatic heterocycles. The van der Waals surface area contributed by atoms with Crippen molar-refractivity contribution in [3.63, 3.8) is 0 Å². The van der Waals surface area contributed by atoms with Crippen molar-refractivity contribution in [1.82, 2.24) is 4.90 Å². The molecule has 0 bridgehead atoms. The van der Waals surface area contributed by atoms with Gasteiger partial charge in [-0.2, -0.15) is 13.2 Å². The third kappa shape index (κ3) is 7.00. The van der Waals surface area contributed by atoms with E-state index in [2.05, 4.69) is 9.80 Å². The summed E-state index contributed by atoms with van der Waals surface area (Å²) in [6.45, 7) is 4.51. The largest absolute Gasteiger partial charge is 0.416 e. The first-order chi connectivity index (χ1) is 11.9. The normalized spacial score (nSPS) is 24.1. The molecule has 2 N–H and O–H groups in total. The van der Waals surface area contributed by atoms with Crippen molar-refractivity contribution in [2.45, 2.75) is 44.3 Å². The molecule has 1 saturated heterocycles. The van der Waals surface area contributed by atoms with Gasteiger partial charge in [0.25, 0.3) is 0 Å². The van der Waals surface area contributed by atoms with E-state index in [0.717, 1.165) is 57.5 Å². The van der Waals surface area contributed by atoms with E-state index in [9.17, 15) is 13.2 Å². The fourth-order valence-corrected chi connectivity index (χ4v) is 3.95. The van der Waals surface area contributed by atoms with Crippen LogP contribution in [0.15, 0.2) is 24.3 Å². The first-order valence-corrected chi connectivity index (χ1v) is 9.32. The number of hydrogen-bond donors (Lipinski definition) is 1. The summed E-state index contributed by atoms with van der Waals surface area (Å²) in [6.07, 6.45) is 1.72. The maximum absolute atomic E-state index is 12.9. The zero-order valence-corrected chi connectivity index (χ0v) is 17.1. The van der Waals surface area contributed by atoms with Gasteiger partial charge in [0, 0.05) is 37.9 Å². The molecule has 0 spiro atoms. The highest BCUT2D eigenvalue weighted by Crippen LogP contribution is 2.32. The molecule has 2 aliphatic rings. The maximum atomic E-state index is 12.9. The number of nitrogens with two attached hydrogens (primary N) is 1. The minimum atomic E-state index is -4.28. The minimum absolute atomic E-state index is 0. The Hall–Kier alpha value is -0.690. The molecule has 1 heterocycles. The summed E-state index contributed by atoms with van der Waals surface area (Å²) in [7, 11) is 0. The molecule has 0 atom stereocenters. The van der Waals surface area contributed by atoms with Crippen molar-refractivity contribution in [1.29, 1.82) is 0 Å². The minimum Gasteiger partial charge on any atom is -0.369 e. The summed E-state index contributed by atoms with van der Waals surface area (Å²) < 4.78 is 38.6. The van der Waals surface area contributed by atoms with Gasteiger partial charge in [-0.25, -0.2) is 0 Å². The standard InChI is InChI=1S/C19H28F3N3.2ClH/c20-19(21,22)16-2-1-3-18(14-16)25-12-10-24(11-13-25)9-8-15-4-6-17(23)7-5-15;;/h1-3,14-15,17H,4-13,23H2;2*1H/t15-,17-;;. The molecule has 8 heteroatoms. The quantitative estimate of drug-likeness (QED) is 0.762. The number of piperazine rings is 1. The zero-order chi connectivity index (χ0) is 17.9. The van der Waals surface area contributed by atoms with Crippen LogP contribution in [0.3, 0.4) is 0 Å². The topological polar surface area (TPSA) is 32.5 Å². The Morgan fingerprint density at radius 3 is 2.19 bits per heavy atom. The van der Waals surface area contributed by atoms with Crippen LogP contribution in [0, 0.1) is 5.92 Å². The lowest BCUT2D eigenvalue weighted by Crippen LogP contribution is -2.47. The van der Waals surface area contributed by atoms with Gasteiger partial charge in [-0.3, -0.25) is 4.90 Å². The molecular weight excluding hydrogens is 398 g/mol. The van der Waals surface area contributed by atoms with E-state index in [0.29, 0.717) is 11.7 Å². The Balaban J connectivity index is 0.00000182. The van der Waals surface area contributed by atoms with Crippen LogP contribution in [-0.2, 0) is 6.18 Å². The van der Waals surface area contributed by atoms with Crippen LogP contribution in [0.25, 0.3) is 0 Å². The highest BCUT2D eigenvalue weighted by atomic mass is 35.5. The molecule has 3 rings (SSSR count). The molecule has 0 radical (unpaired) electrons. The van der Waals surface area contributed by atoms with Gasteiger partial charge < -0.3 is 10.6 Å². The van der Waals surface area contributed by atoms with Crippen molar-refractivity contribution < 1.29 is 13.2 Å². The van der Waals surface area contributed by atoms with Crippen molar-refractivity contribution in [3.05, 3.63) is 29.8 Å². The number of halogens is 5. The molecular formula is C19H30Cl2F3N3. The summed E-state index contributed by atoms with van der Waals surface area (Å²) in [6, 6.07) is 6.07. The average Bonchev–Trinajstić information content (AvgIpc) is 2.61. The zero-order valence-electron chi connectivity index (χ0n) is 15.5. The second-order valence-electron chi connectivity index (χ2n) is 7.45. The van der Waals surface area contributed by atoms with Crippen LogP contribution >= 0.6 is 24.8 Å². The molecule has 27 heavy (non-hydrogen) atoms. The summed E-state index contributed by atoms with van der Waals surface area (Å²) in [5, 5.41) is 0. The molecule has 0 unspecified atom stereocenters. The van der Waals surface area contributed by atoms with Crippen molar-refractivity contribution in [2.75, 3.05) is 37.6 Å². The number of rotatable bonds is 4. The van der Waals surface area contributed by atoms with Crippen LogP contribution in [0.4, 0.5) is 18.9 Å². The fraction of sp³-hybridized carbons (Fsp3) is 0.684. The number of benzene rings is 1. The van der Waals surface area contributed by atoms with Gasteiger partial charge >= 0.3 is 6.18 Å². The highest BCUT2D eigenvalue weighted by Gasteiger charge is 2.31. The van der Waals surface area contributed by atoms with E-state index >= 15 is 0 Å². The molecule has 1 aromatic carbocycles. The first-order valence-electron chi connectivity index (χ1n) is 9.32. The van der Waals surface area contributed by atoms with E-state index in [1.54, 1.807) is 6.07 Å². The molecule has 0 amide bonds. The van der Waals surface area contributed by atoms with E-state index in [1.165, 1.54) is 31.4 Å². The third-order valence-corrected chi connectivity index (χ3v) is 5.66. The smallest absolute Gasteiger partial charge is 0.369 e. The number of alkyl halides is 3. The molecule has 3 nitrogen and oxygen atoms in total. The lowest BCUT2D eigenvalue weighted by Gasteiger charge is -2.37. The summed E-state index contributed by atoms with van der Waals surface area (Å²) in [5.74, 6) is 0.793. The predicted molar refractivity (Wildman–Crippen MR) is 109 cm³/mol. The van der Waals surface area contributed by atoms with Crippen molar-refractivity contribution in [3.8, 4) is 0 Å². The summed E-state index contributed by atoms with van der Waals surface area (Å²) in [5.41, 5.74) is 6.07.